The number of hydrogen-bond donors (Lipinski definition) is 0. The van der Waals surface area contributed by atoms with E-state index in [0.29, 0.717) is 42.7 Å². The highest BCUT2D eigenvalue weighted by Crippen LogP contribution is 2.22. The van der Waals surface area contributed by atoms with Crippen LogP contribution in [0.5, 0.6) is 0 Å². The van der Waals surface area contributed by atoms with E-state index in [2.05, 4.69) is 42.0 Å². The van der Waals surface area contributed by atoms with Crippen molar-refractivity contribution in [3.63, 3.8) is 0 Å². The third kappa shape index (κ3) is 20.1. The van der Waals surface area contributed by atoms with Crippen LogP contribution in [0.4, 0.5) is 0 Å². The van der Waals surface area contributed by atoms with E-state index in [1.165, 1.54) is 26.6 Å². The Hall–Kier alpha value is -5.38. The summed E-state index contributed by atoms with van der Waals surface area (Å²) in [6.07, 6.45) is 3.12. The average molecular weight is 905 g/mol. The summed E-state index contributed by atoms with van der Waals surface area (Å²) in [5, 5.41) is 4.23. The molecule has 0 spiro atoms. The summed E-state index contributed by atoms with van der Waals surface area (Å²) < 4.78 is 0. The average Bonchev–Trinajstić information content (AvgIpc) is 3.56. The number of Topliss-reactive ketones (excluding diaryl/α,β-unsaturated/α-hetero) is 2. The first-order valence-corrected chi connectivity index (χ1v) is 23.7. The number of hydrogen-bond acceptors (Lipinski definition) is 9. The minimum Gasteiger partial charge on any atom is -0.361 e. The van der Waals surface area contributed by atoms with Crippen LogP contribution in [0.1, 0.15) is 92.3 Å². The Balaban J connectivity index is 0.000000432. The number of imide groups is 1. The molecule has 60 heavy (non-hydrogen) atoms. The van der Waals surface area contributed by atoms with Gasteiger partial charge in [0.1, 0.15) is 11.8 Å². The summed E-state index contributed by atoms with van der Waals surface area (Å²) in [6.45, 7) is 5.76. The van der Waals surface area contributed by atoms with Crippen molar-refractivity contribution < 1.29 is 33.6 Å². The van der Waals surface area contributed by atoms with Crippen LogP contribution in [-0.2, 0) is 90.7 Å². The second-order valence-electron chi connectivity index (χ2n) is 12.7. The standard InChI is InChI=1S/C17H17N3O.C17H16N2O.C8H11NO4.CH4.S5/c1-13-7-10-15(11-8-13)17(19-20-18)16(21)12-9-14-5-3-2-4-6-14;1-13-7-10-15(11-8-13)17(19-18)16(20)12-9-14-5-3-2-4-6-14;1-2-3-8(12)13-9-6(10)4-5-7(9)11;;1-3-5-4-2/h2-8,10-11,17H,9,12H2,1H3;2-8,10-11H,9,12H2,1H3;2-5H2,1H3;1H4;. The highest BCUT2D eigenvalue weighted by Gasteiger charge is 2.32. The van der Waals surface area contributed by atoms with Crippen molar-refractivity contribution >= 4 is 84.1 Å². The van der Waals surface area contributed by atoms with Gasteiger partial charge in [-0.2, -0.15) is 4.79 Å². The third-order valence-corrected chi connectivity index (χ3v) is 12.7. The molecule has 1 aliphatic rings. The summed E-state index contributed by atoms with van der Waals surface area (Å²) in [6, 6.07) is 33.8. The number of rotatable bonds is 14. The first kappa shape index (κ1) is 52.6. The molecule has 316 valence electrons. The van der Waals surface area contributed by atoms with E-state index in [-0.39, 0.29) is 44.0 Å². The highest BCUT2D eigenvalue weighted by atomic mass is 33.3. The number of azide groups is 1. The second kappa shape index (κ2) is 30.6. The lowest BCUT2D eigenvalue weighted by atomic mass is 9.98. The fraction of sp³-hybridized carbons (Fsp3) is 0.302. The van der Waals surface area contributed by atoms with Crippen LogP contribution in [0.25, 0.3) is 16.0 Å². The molecule has 0 saturated carbocycles. The summed E-state index contributed by atoms with van der Waals surface area (Å²) in [4.78, 5) is 67.8. The molecule has 2 amide bonds. The molecule has 4 aromatic rings. The largest absolute Gasteiger partial charge is 0.364 e. The van der Waals surface area contributed by atoms with E-state index in [1.807, 2.05) is 118 Å². The van der Waals surface area contributed by atoms with Gasteiger partial charge in [-0.1, -0.05) is 128 Å². The van der Waals surface area contributed by atoms with Crippen molar-refractivity contribution in [2.75, 3.05) is 0 Å². The molecule has 0 N–H and O–H groups in total. The zero-order valence-corrected chi connectivity index (χ0v) is 36.9. The Kier molecular flexibility index (Phi) is 26.9. The van der Waals surface area contributed by atoms with Gasteiger partial charge in [0.25, 0.3) is 11.8 Å². The SMILES string of the molecule is C.CCCC(=O)ON1C(=O)CCC1=O.Cc1ccc(C(=[N+]=[N-])C(=O)CCc2ccccc2)cc1.Cc1ccc(C(N=[N+]=[N-])C(=O)CCc2ccccc2)cc1.S=S=S=S=S. The van der Waals surface area contributed by atoms with Crippen molar-refractivity contribution in [2.45, 2.75) is 85.6 Å². The maximum atomic E-state index is 12.3. The molecule has 1 atom stereocenters. The molecule has 0 bridgehead atoms. The first-order chi connectivity index (χ1) is 28.5. The van der Waals surface area contributed by atoms with Gasteiger partial charge in [0, 0.05) is 86.0 Å². The van der Waals surface area contributed by atoms with Gasteiger partial charge in [0.15, 0.2) is 0 Å². The van der Waals surface area contributed by atoms with Gasteiger partial charge in [-0.25, -0.2) is 4.79 Å². The zero-order valence-electron chi connectivity index (χ0n) is 32.8. The quantitative estimate of drug-likeness (QED) is 0.0395. The number of benzene rings is 4. The molecule has 0 radical (unpaired) electrons. The maximum Gasteiger partial charge on any atom is 0.364 e. The number of carbonyl (C=O) groups is 5. The first-order valence-electron chi connectivity index (χ1n) is 18.3. The van der Waals surface area contributed by atoms with Gasteiger partial charge in [-0.15, -0.1) is 5.06 Å². The van der Waals surface area contributed by atoms with Crippen LogP contribution in [0, 0.1) is 13.8 Å². The number of aryl methyl sites for hydroxylation is 4. The van der Waals surface area contributed by atoms with E-state index in [4.69, 9.17) is 11.1 Å². The van der Waals surface area contributed by atoms with Gasteiger partial charge in [0.2, 0.25) is 5.78 Å². The molecular formula is C43H48N6O6S5. The summed E-state index contributed by atoms with van der Waals surface area (Å²) >= 11 is 8.89. The summed E-state index contributed by atoms with van der Waals surface area (Å²) in [5.74, 6) is -1.62. The Labute approximate surface area is 369 Å². The Morgan fingerprint density at radius 2 is 1.23 bits per heavy atom. The molecule has 1 unspecified atom stereocenters. The molecule has 1 saturated heterocycles. The van der Waals surface area contributed by atoms with Gasteiger partial charge < -0.3 is 10.4 Å². The van der Waals surface area contributed by atoms with E-state index >= 15 is 0 Å². The van der Waals surface area contributed by atoms with Gasteiger partial charge >= 0.3 is 11.7 Å². The third-order valence-electron chi connectivity index (χ3n) is 8.25. The van der Waals surface area contributed by atoms with E-state index in [0.717, 1.165) is 27.8 Å². The topological polar surface area (TPSA) is 183 Å². The lowest BCUT2D eigenvalue weighted by Crippen LogP contribution is -2.31. The predicted molar refractivity (Wildman–Crippen MR) is 247 cm³/mol. The zero-order chi connectivity index (χ0) is 43.4. The van der Waals surface area contributed by atoms with Crippen LogP contribution < -0.4 is 0 Å². The van der Waals surface area contributed by atoms with Crippen LogP contribution in [-0.4, -0.2) is 44.9 Å². The van der Waals surface area contributed by atoms with Crippen molar-refractivity contribution in [3.8, 4) is 0 Å². The van der Waals surface area contributed by atoms with Crippen LogP contribution in [0.2, 0.25) is 0 Å². The number of nitrogens with zero attached hydrogens (tertiary/aromatic N) is 6. The van der Waals surface area contributed by atoms with Gasteiger partial charge in [-0.05, 0) is 67.5 Å². The number of hydroxylamine groups is 2. The Morgan fingerprint density at radius 1 is 0.750 bits per heavy atom. The molecule has 0 aliphatic carbocycles. The van der Waals surface area contributed by atoms with Crippen LogP contribution in [0.15, 0.2) is 114 Å². The minimum atomic E-state index is -0.737. The molecule has 17 heteroatoms. The fourth-order valence-electron chi connectivity index (χ4n) is 5.19. The molecular weight excluding hydrogens is 857 g/mol. The van der Waals surface area contributed by atoms with E-state index in [1.54, 1.807) is 12.1 Å². The lowest BCUT2D eigenvalue weighted by molar-refractivity contribution is -0.197. The van der Waals surface area contributed by atoms with Crippen molar-refractivity contribution in [1.29, 1.82) is 0 Å². The Bertz CT molecular complexity index is 2220. The molecule has 1 fully saturated rings. The van der Waals surface area contributed by atoms with Crippen molar-refractivity contribution in [2.24, 2.45) is 5.11 Å². The highest BCUT2D eigenvalue weighted by molar-refractivity contribution is 8.59. The van der Waals surface area contributed by atoms with Crippen LogP contribution in [0.3, 0.4) is 0 Å². The fourth-order valence-corrected chi connectivity index (χ4v) is 7.94. The van der Waals surface area contributed by atoms with Crippen molar-refractivity contribution in [1.82, 2.24) is 5.06 Å². The molecule has 5 rings (SSSR count). The molecule has 1 aliphatic heterocycles. The van der Waals surface area contributed by atoms with Gasteiger partial charge in [-0.3, -0.25) is 19.2 Å². The smallest absolute Gasteiger partial charge is 0.361 e. The lowest BCUT2D eigenvalue weighted by Gasteiger charge is -2.11. The van der Waals surface area contributed by atoms with Crippen LogP contribution >= 0.6 is 0 Å². The molecule has 4 aromatic carbocycles. The molecule has 1 heterocycles. The molecule has 0 aromatic heterocycles. The van der Waals surface area contributed by atoms with E-state index < -0.39 is 23.8 Å². The normalized spacial score (nSPS) is 11.3. The number of amides is 2. The minimum absolute atomic E-state index is 0. The second-order valence-corrected chi connectivity index (χ2v) is 18.0. The monoisotopic (exact) mass is 904 g/mol. The maximum absolute atomic E-state index is 12.3. The Morgan fingerprint density at radius 3 is 1.67 bits per heavy atom. The van der Waals surface area contributed by atoms with E-state index in [9.17, 15) is 24.0 Å². The number of carbonyl (C=O) groups excluding carboxylic acids is 5. The predicted octanol–water partition coefficient (Wildman–Crippen LogP) is 8.78. The van der Waals surface area contributed by atoms with Crippen molar-refractivity contribution in [3.05, 3.63) is 159 Å². The summed E-state index contributed by atoms with van der Waals surface area (Å²) in [7, 11) is 3.95. The molecule has 12 nitrogen and oxygen atoms in total. The summed E-state index contributed by atoms with van der Waals surface area (Å²) in [5.41, 5.74) is 23.7. The number of ketones is 2. The van der Waals surface area contributed by atoms with Gasteiger partial charge in [0.05, 0.1) is 5.56 Å².